The van der Waals surface area contributed by atoms with E-state index in [0.717, 1.165) is 24.8 Å². The predicted molar refractivity (Wildman–Crippen MR) is 111 cm³/mol. The quantitative estimate of drug-likeness (QED) is 0.564. The third-order valence-corrected chi connectivity index (χ3v) is 4.69. The number of nitrogens with two attached hydrogens (primary N) is 1. The number of nitrogen functional groups attached to an aromatic ring is 1. The minimum Gasteiger partial charge on any atom is -0.383 e. The fraction of sp³-hybridized carbons (Fsp3) is 0.400. The predicted octanol–water partition coefficient (Wildman–Crippen LogP) is 1.92. The molecule has 2 heterocycles. The SMILES string of the molecule is CCCCc1noc(CN(CC)c2c(N)n(Cc3ccccc3)c(=O)[nH]c2=O)n1. The van der Waals surface area contributed by atoms with E-state index in [-0.39, 0.29) is 24.6 Å². The number of nitrogens with one attached hydrogen (secondary N) is 1. The zero-order chi connectivity index (χ0) is 20.8. The smallest absolute Gasteiger partial charge is 0.330 e. The second kappa shape index (κ2) is 9.22. The summed E-state index contributed by atoms with van der Waals surface area (Å²) >= 11 is 0. The van der Waals surface area contributed by atoms with Crippen molar-refractivity contribution in [3.05, 3.63) is 68.4 Å². The first-order valence-electron chi connectivity index (χ1n) is 9.76. The fourth-order valence-corrected chi connectivity index (χ4v) is 3.11. The molecule has 3 aromatic rings. The number of unbranched alkanes of at least 4 members (excludes halogenated alkanes) is 1. The van der Waals surface area contributed by atoms with Gasteiger partial charge in [-0.15, -0.1) is 0 Å². The van der Waals surface area contributed by atoms with Crippen LogP contribution in [0.3, 0.4) is 0 Å². The molecule has 0 atom stereocenters. The number of anilines is 2. The third kappa shape index (κ3) is 4.74. The Morgan fingerprint density at radius 1 is 1.21 bits per heavy atom. The van der Waals surface area contributed by atoms with Crippen LogP contribution in [-0.4, -0.2) is 26.2 Å². The molecule has 1 aromatic carbocycles. The Morgan fingerprint density at radius 2 is 1.97 bits per heavy atom. The number of H-pyrrole nitrogens is 1. The first-order chi connectivity index (χ1) is 14.0. The molecule has 0 saturated carbocycles. The van der Waals surface area contributed by atoms with Crippen molar-refractivity contribution >= 4 is 11.5 Å². The van der Waals surface area contributed by atoms with E-state index in [2.05, 4.69) is 22.0 Å². The zero-order valence-electron chi connectivity index (χ0n) is 16.7. The van der Waals surface area contributed by atoms with Crippen molar-refractivity contribution < 1.29 is 4.52 Å². The molecule has 0 bridgehead atoms. The normalized spacial score (nSPS) is 11.0. The van der Waals surface area contributed by atoms with Gasteiger partial charge in [-0.25, -0.2) is 4.79 Å². The second-order valence-electron chi connectivity index (χ2n) is 6.79. The van der Waals surface area contributed by atoms with E-state index in [9.17, 15) is 9.59 Å². The monoisotopic (exact) mass is 398 g/mol. The molecule has 0 fully saturated rings. The summed E-state index contributed by atoms with van der Waals surface area (Å²) in [6, 6.07) is 9.45. The standard InChI is InChI=1S/C20H26N6O3/c1-3-5-11-15-22-16(29-24-15)13-25(4-2)17-18(21)26(20(28)23-19(17)27)12-14-9-7-6-8-10-14/h6-10H,3-5,11-13,21H2,1-2H3,(H,23,27,28). The van der Waals surface area contributed by atoms with E-state index in [0.29, 0.717) is 18.3 Å². The number of aromatic nitrogens is 4. The van der Waals surface area contributed by atoms with Gasteiger partial charge in [0.2, 0.25) is 5.89 Å². The number of aromatic amines is 1. The van der Waals surface area contributed by atoms with E-state index in [1.165, 1.54) is 4.57 Å². The van der Waals surface area contributed by atoms with E-state index >= 15 is 0 Å². The highest BCUT2D eigenvalue weighted by Crippen LogP contribution is 2.19. The summed E-state index contributed by atoms with van der Waals surface area (Å²) < 4.78 is 6.68. The maximum Gasteiger partial charge on any atom is 0.330 e. The van der Waals surface area contributed by atoms with Crippen LogP contribution in [0.15, 0.2) is 44.4 Å². The first-order valence-corrected chi connectivity index (χ1v) is 9.76. The van der Waals surface area contributed by atoms with Gasteiger partial charge in [0.1, 0.15) is 11.5 Å². The lowest BCUT2D eigenvalue weighted by Gasteiger charge is -2.23. The summed E-state index contributed by atoms with van der Waals surface area (Å²) in [5.74, 6) is 1.15. The maximum atomic E-state index is 12.5. The average molecular weight is 398 g/mol. The van der Waals surface area contributed by atoms with Crippen LogP contribution >= 0.6 is 0 Å². The molecule has 0 aliphatic carbocycles. The highest BCUT2D eigenvalue weighted by molar-refractivity contribution is 5.62. The highest BCUT2D eigenvalue weighted by Gasteiger charge is 2.20. The molecular weight excluding hydrogens is 372 g/mol. The lowest BCUT2D eigenvalue weighted by atomic mass is 10.2. The van der Waals surface area contributed by atoms with Crippen molar-refractivity contribution in [2.45, 2.75) is 46.2 Å². The molecule has 0 unspecified atom stereocenters. The van der Waals surface area contributed by atoms with E-state index in [1.54, 1.807) is 4.90 Å². The van der Waals surface area contributed by atoms with Crippen LogP contribution in [0.1, 0.15) is 44.0 Å². The van der Waals surface area contributed by atoms with Gasteiger partial charge in [0.25, 0.3) is 5.56 Å². The largest absolute Gasteiger partial charge is 0.383 e. The molecule has 2 aromatic heterocycles. The summed E-state index contributed by atoms with van der Waals surface area (Å²) in [6.07, 6.45) is 2.77. The van der Waals surface area contributed by atoms with Gasteiger partial charge in [0.05, 0.1) is 13.1 Å². The molecule has 29 heavy (non-hydrogen) atoms. The molecule has 0 saturated heterocycles. The van der Waals surface area contributed by atoms with Gasteiger partial charge in [-0.05, 0) is 18.9 Å². The molecule has 9 heteroatoms. The van der Waals surface area contributed by atoms with Gasteiger partial charge in [-0.1, -0.05) is 48.8 Å². The lowest BCUT2D eigenvalue weighted by molar-refractivity contribution is 0.370. The van der Waals surface area contributed by atoms with Gasteiger partial charge in [0, 0.05) is 13.0 Å². The average Bonchev–Trinajstić information content (AvgIpc) is 3.16. The minimum absolute atomic E-state index is 0.107. The fourth-order valence-electron chi connectivity index (χ4n) is 3.11. The Bertz CT molecular complexity index is 1050. The Kier molecular flexibility index (Phi) is 6.48. The summed E-state index contributed by atoms with van der Waals surface area (Å²) in [7, 11) is 0. The van der Waals surface area contributed by atoms with Gasteiger partial charge in [-0.3, -0.25) is 14.3 Å². The summed E-state index contributed by atoms with van der Waals surface area (Å²) in [4.78, 5) is 33.4. The van der Waals surface area contributed by atoms with Crippen molar-refractivity contribution in [2.24, 2.45) is 0 Å². The first kappa shape index (κ1) is 20.4. The van der Waals surface area contributed by atoms with Crippen LogP contribution in [0.5, 0.6) is 0 Å². The van der Waals surface area contributed by atoms with Crippen LogP contribution in [-0.2, 0) is 19.5 Å². The van der Waals surface area contributed by atoms with Crippen LogP contribution in [0, 0.1) is 0 Å². The number of hydrogen-bond acceptors (Lipinski definition) is 7. The molecule has 0 spiro atoms. The molecule has 154 valence electrons. The van der Waals surface area contributed by atoms with Crippen molar-refractivity contribution in [1.29, 1.82) is 0 Å². The maximum absolute atomic E-state index is 12.5. The summed E-state index contributed by atoms with van der Waals surface area (Å²) in [6.45, 7) is 4.95. The topological polar surface area (TPSA) is 123 Å². The highest BCUT2D eigenvalue weighted by atomic mass is 16.5. The molecule has 3 rings (SSSR count). The van der Waals surface area contributed by atoms with Crippen molar-refractivity contribution in [2.75, 3.05) is 17.2 Å². The summed E-state index contributed by atoms with van der Waals surface area (Å²) in [5, 5.41) is 3.98. The van der Waals surface area contributed by atoms with Crippen molar-refractivity contribution in [3.63, 3.8) is 0 Å². The van der Waals surface area contributed by atoms with E-state index in [1.807, 2.05) is 37.3 Å². The number of nitrogens with zero attached hydrogens (tertiary/aromatic N) is 4. The Labute approximate surface area is 168 Å². The molecule has 0 aliphatic heterocycles. The lowest BCUT2D eigenvalue weighted by Crippen LogP contribution is -2.38. The van der Waals surface area contributed by atoms with Crippen molar-refractivity contribution in [1.82, 2.24) is 19.7 Å². The van der Waals surface area contributed by atoms with Crippen molar-refractivity contribution in [3.8, 4) is 0 Å². The third-order valence-electron chi connectivity index (χ3n) is 4.69. The Balaban J connectivity index is 1.91. The second-order valence-corrected chi connectivity index (χ2v) is 6.79. The number of rotatable bonds is 9. The van der Waals surface area contributed by atoms with Crippen LogP contribution in [0.4, 0.5) is 11.5 Å². The van der Waals surface area contributed by atoms with Gasteiger partial charge < -0.3 is 15.2 Å². The van der Waals surface area contributed by atoms with E-state index in [4.69, 9.17) is 10.3 Å². The molecule has 0 amide bonds. The van der Waals surface area contributed by atoms with Gasteiger partial charge >= 0.3 is 5.69 Å². The Hall–Kier alpha value is -3.36. The van der Waals surface area contributed by atoms with Gasteiger partial charge in [-0.2, -0.15) is 4.98 Å². The van der Waals surface area contributed by atoms with Crippen LogP contribution in [0.25, 0.3) is 0 Å². The minimum atomic E-state index is -0.546. The molecule has 3 N–H and O–H groups in total. The van der Waals surface area contributed by atoms with E-state index < -0.39 is 11.2 Å². The number of aryl methyl sites for hydroxylation is 1. The number of hydrogen-bond donors (Lipinski definition) is 2. The molecular formula is C20H26N6O3. The van der Waals surface area contributed by atoms with Crippen LogP contribution in [0.2, 0.25) is 0 Å². The molecule has 0 radical (unpaired) electrons. The molecule has 9 nitrogen and oxygen atoms in total. The van der Waals surface area contributed by atoms with Crippen LogP contribution < -0.4 is 21.9 Å². The zero-order valence-corrected chi connectivity index (χ0v) is 16.7. The summed E-state index contributed by atoms with van der Waals surface area (Å²) in [5.41, 5.74) is 6.31. The number of benzene rings is 1. The van der Waals surface area contributed by atoms with Gasteiger partial charge in [0.15, 0.2) is 5.82 Å². The molecule has 0 aliphatic rings. The Morgan fingerprint density at radius 3 is 2.66 bits per heavy atom.